The number of amides is 1. The number of hydrogen-bond donors (Lipinski definition) is 2. The van der Waals surface area contributed by atoms with Crippen LogP contribution in [0, 0.1) is 0 Å². The number of halogens is 1. The van der Waals surface area contributed by atoms with Crippen LogP contribution in [0.4, 0.5) is 0 Å². The number of carbonyl (C=O) groups is 1. The first-order chi connectivity index (χ1) is 10.2. The number of nitrogens with zero attached hydrogens (tertiary/aromatic N) is 2. The third-order valence-electron chi connectivity index (χ3n) is 4.58. The normalized spacial score (nSPS) is 23.2. The van der Waals surface area contributed by atoms with Crippen molar-refractivity contribution in [1.29, 1.82) is 0 Å². The summed E-state index contributed by atoms with van der Waals surface area (Å²) >= 11 is 0. The molecule has 3 rings (SSSR count). The lowest BCUT2D eigenvalue weighted by atomic mass is 10.1. The van der Waals surface area contributed by atoms with Gasteiger partial charge in [-0.1, -0.05) is 12.1 Å². The van der Waals surface area contributed by atoms with E-state index in [0.717, 1.165) is 51.9 Å². The van der Waals surface area contributed by atoms with Gasteiger partial charge in [0.25, 0.3) is 0 Å². The van der Waals surface area contributed by atoms with E-state index in [1.54, 1.807) is 6.07 Å². The first-order valence-electron chi connectivity index (χ1n) is 7.78. The average Bonchev–Trinajstić information content (AvgIpc) is 3.02. The Hall–Kier alpha value is -1.14. The Kier molecular flexibility index (Phi) is 6.20. The predicted molar refractivity (Wildman–Crippen MR) is 90.3 cm³/mol. The fourth-order valence-electron chi connectivity index (χ4n) is 3.32. The molecule has 0 radical (unpaired) electrons. The van der Waals surface area contributed by atoms with Crippen molar-refractivity contribution in [1.82, 2.24) is 15.1 Å². The van der Waals surface area contributed by atoms with Crippen LogP contribution in [0.3, 0.4) is 0 Å². The quantitative estimate of drug-likeness (QED) is 0.855. The average molecular weight is 325 g/mol. The molecule has 2 aliphatic rings. The molecule has 0 bridgehead atoms. The molecule has 2 saturated heterocycles. The summed E-state index contributed by atoms with van der Waals surface area (Å²) in [7, 11) is 0. The lowest BCUT2D eigenvalue weighted by Crippen LogP contribution is -2.50. The molecule has 0 aliphatic carbocycles. The van der Waals surface area contributed by atoms with Gasteiger partial charge < -0.3 is 11.1 Å². The van der Waals surface area contributed by atoms with Crippen LogP contribution < -0.4 is 11.1 Å². The van der Waals surface area contributed by atoms with Crippen LogP contribution in [0.25, 0.3) is 0 Å². The first kappa shape index (κ1) is 17.2. The summed E-state index contributed by atoms with van der Waals surface area (Å²) in [5.74, 6) is -0.351. The molecule has 122 valence electrons. The van der Waals surface area contributed by atoms with Crippen LogP contribution in [-0.2, 0) is 6.54 Å². The van der Waals surface area contributed by atoms with Crippen molar-refractivity contribution in [2.24, 2.45) is 5.73 Å². The molecule has 1 unspecified atom stereocenters. The van der Waals surface area contributed by atoms with Crippen molar-refractivity contribution < 1.29 is 4.79 Å². The van der Waals surface area contributed by atoms with Gasteiger partial charge in [0.15, 0.2) is 0 Å². The van der Waals surface area contributed by atoms with E-state index in [1.807, 2.05) is 12.1 Å². The second-order valence-corrected chi connectivity index (χ2v) is 6.02. The number of primary amides is 1. The molecule has 0 saturated carbocycles. The zero-order chi connectivity index (χ0) is 14.7. The summed E-state index contributed by atoms with van der Waals surface area (Å²) in [5, 5.41) is 3.44. The monoisotopic (exact) mass is 324 g/mol. The molecule has 1 aromatic rings. The molecule has 5 nitrogen and oxygen atoms in total. The smallest absolute Gasteiger partial charge is 0.248 e. The van der Waals surface area contributed by atoms with Gasteiger partial charge >= 0.3 is 0 Å². The highest BCUT2D eigenvalue weighted by atomic mass is 35.5. The van der Waals surface area contributed by atoms with Gasteiger partial charge in [-0.05, 0) is 30.7 Å². The minimum atomic E-state index is -0.351. The van der Waals surface area contributed by atoms with Gasteiger partial charge in [0, 0.05) is 50.9 Å². The van der Waals surface area contributed by atoms with Crippen molar-refractivity contribution in [3.63, 3.8) is 0 Å². The Labute approximate surface area is 138 Å². The zero-order valence-electron chi connectivity index (χ0n) is 12.8. The highest BCUT2D eigenvalue weighted by Crippen LogP contribution is 2.14. The maximum atomic E-state index is 11.2. The molecule has 22 heavy (non-hydrogen) atoms. The lowest BCUT2D eigenvalue weighted by Gasteiger charge is -2.37. The zero-order valence-corrected chi connectivity index (χ0v) is 13.6. The SMILES string of the molecule is Cl.NC(=O)c1cccc(CN2CCN(C3CCNC3)CC2)c1. The maximum Gasteiger partial charge on any atom is 0.248 e. The van der Waals surface area contributed by atoms with Crippen LogP contribution in [0.1, 0.15) is 22.3 Å². The highest BCUT2D eigenvalue weighted by Gasteiger charge is 2.25. The molecule has 1 aromatic carbocycles. The van der Waals surface area contributed by atoms with E-state index in [-0.39, 0.29) is 18.3 Å². The van der Waals surface area contributed by atoms with E-state index >= 15 is 0 Å². The van der Waals surface area contributed by atoms with Crippen molar-refractivity contribution >= 4 is 18.3 Å². The molecule has 3 N–H and O–H groups in total. The number of benzene rings is 1. The summed E-state index contributed by atoms with van der Waals surface area (Å²) in [6.45, 7) is 7.67. The third-order valence-corrected chi connectivity index (χ3v) is 4.58. The maximum absolute atomic E-state index is 11.2. The molecule has 1 amide bonds. The summed E-state index contributed by atoms with van der Waals surface area (Å²) in [6.07, 6.45) is 1.28. The third kappa shape index (κ3) is 4.20. The Morgan fingerprint density at radius 3 is 2.68 bits per heavy atom. The topological polar surface area (TPSA) is 61.6 Å². The molecule has 2 heterocycles. The Morgan fingerprint density at radius 2 is 2.05 bits per heavy atom. The number of nitrogens with one attached hydrogen (secondary N) is 1. The number of nitrogens with two attached hydrogens (primary N) is 1. The van der Waals surface area contributed by atoms with Crippen LogP contribution in [0.15, 0.2) is 24.3 Å². The van der Waals surface area contributed by atoms with E-state index < -0.39 is 0 Å². The second kappa shape index (κ2) is 7.92. The fraction of sp³-hybridized carbons (Fsp3) is 0.562. The Morgan fingerprint density at radius 1 is 1.27 bits per heavy atom. The van der Waals surface area contributed by atoms with Crippen LogP contribution in [0.2, 0.25) is 0 Å². The fourth-order valence-corrected chi connectivity index (χ4v) is 3.32. The Bertz CT molecular complexity index is 497. The summed E-state index contributed by atoms with van der Waals surface area (Å²) in [4.78, 5) is 16.3. The minimum Gasteiger partial charge on any atom is -0.366 e. The molecule has 0 aromatic heterocycles. The van der Waals surface area contributed by atoms with Gasteiger partial charge in [-0.2, -0.15) is 0 Å². The predicted octanol–water partition coefficient (Wildman–Crippen LogP) is 0.687. The number of carbonyl (C=O) groups excluding carboxylic acids is 1. The van der Waals surface area contributed by atoms with Crippen LogP contribution in [0.5, 0.6) is 0 Å². The summed E-state index contributed by atoms with van der Waals surface area (Å²) < 4.78 is 0. The minimum absolute atomic E-state index is 0. The number of piperazine rings is 1. The standard InChI is InChI=1S/C16H24N4O.ClH/c17-16(21)14-3-1-2-13(10-14)12-19-6-8-20(9-7-19)15-4-5-18-11-15;/h1-3,10,15,18H,4-9,11-12H2,(H2,17,21);1H. The van der Waals surface area contributed by atoms with Gasteiger partial charge in [-0.25, -0.2) is 0 Å². The van der Waals surface area contributed by atoms with Crippen molar-refractivity contribution in [3.05, 3.63) is 35.4 Å². The van der Waals surface area contributed by atoms with E-state index in [4.69, 9.17) is 5.73 Å². The number of rotatable bonds is 4. The number of hydrogen-bond acceptors (Lipinski definition) is 4. The largest absolute Gasteiger partial charge is 0.366 e. The van der Waals surface area contributed by atoms with Gasteiger partial charge in [-0.3, -0.25) is 14.6 Å². The van der Waals surface area contributed by atoms with Gasteiger partial charge in [-0.15, -0.1) is 12.4 Å². The van der Waals surface area contributed by atoms with Crippen molar-refractivity contribution in [2.75, 3.05) is 39.3 Å². The molecule has 2 aliphatic heterocycles. The van der Waals surface area contributed by atoms with Crippen molar-refractivity contribution in [3.8, 4) is 0 Å². The van der Waals surface area contributed by atoms with E-state index in [2.05, 4.69) is 21.2 Å². The van der Waals surface area contributed by atoms with E-state index in [1.165, 1.54) is 12.0 Å². The molecular formula is C16H25ClN4O. The van der Waals surface area contributed by atoms with Gasteiger partial charge in [0.2, 0.25) is 5.91 Å². The van der Waals surface area contributed by atoms with E-state index in [9.17, 15) is 4.79 Å². The highest BCUT2D eigenvalue weighted by molar-refractivity contribution is 5.92. The van der Waals surface area contributed by atoms with Crippen LogP contribution in [-0.4, -0.2) is 61.0 Å². The molecule has 1 atom stereocenters. The first-order valence-corrected chi connectivity index (χ1v) is 7.78. The lowest BCUT2D eigenvalue weighted by molar-refractivity contribution is 0.0977. The molecule has 0 spiro atoms. The molecule has 6 heteroatoms. The Balaban J connectivity index is 0.00000176. The summed E-state index contributed by atoms with van der Waals surface area (Å²) in [6, 6.07) is 8.40. The van der Waals surface area contributed by atoms with Crippen LogP contribution >= 0.6 is 12.4 Å². The van der Waals surface area contributed by atoms with Gasteiger partial charge in [0.05, 0.1) is 0 Å². The van der Waals surface area contributed by atoms with E-state index in [0.29, 0.717) is 5.56 Å². The molecule has 2 fully saturated rings. The summed E-state index contributed by atoms with van der Waals surface area (Å²) in [5.41, 5.74) is 7.11. The second-order valence-electron chi connectivity index (χ2n) is 6.02. The van der Waals surface area contributed by atoms with Crippen molar-refractivity contribution in [2.45, 2.75) is 19.0 Å². The molecular weight excluding hydrogens is 300 g/mol. The van der Waals surface area contributed by atoms with Gasteiger partial charge in [0.1, 0.15) is 0 Å².